The Morgan fingerprint density at radius 1 is 1.29 bits per heavy atom. The molecule has 0 bridgehead atoms. The molecule has 4 nitrogen and oxygen atoms in total. The van der Waals surface area contributed by atoms with Crippen LogP contribution in [0.1, 0.15) is 25.0 Å². The van der Waals surface area contributed by atoms with E-state index in [9.17, 15) is 13.9 Å². The van der Waals surface area contributed by atoms with E-state index < -0.39 is 17.7 Å². The highest BCUT2D eigenvalue weighted by Gasteiger charge is 2.13. The summed E-state index contributed by atoms with van der Waals surface area (Å²) >= 11 is 1.47. The van der Waals surface area contributed by atoms with Gasteiger partial charge in [-0.1, -0.05) is 6.92 Å². The molecule has 7 heteroatoms. The zero-order valence-electron chi connectivity index (χ0n) is 11.6. The topological polar surface area (TPSA) is 57.2 Å². The number of anilines is 2. The highest BCUT2D eigenvalue weighted by molar-refractivity contribution is 7.07. The zero-order chi connectivity index (χ0) is 15.2. The second-order valence-electron chi connectivity index (χ2n) is 4.53. The Morgan fingerprint density at radius 2 is 2.00 bits per heavy atom. The van der Waals surface area contributed by atoms with Crippen LogP contribution in [0.15, 0.2) is 22.9 Å². The Balaban J connectivity index is 2.05. The van der Waals surface area contributed by atoms with Gasteiger partial charge >= 0.3 is 0 Å². The van der Waals surface area contributed by atoms with Gasteiger partial charge in [0.2, 0.25) is 0 Å². The molecule has 2 heterocycles. The number of hydrogen-bond donors (Lipinski definition) is 3. The van der Waals surface area contributed by atoms with Crippen molar-refractivity contribution in [3.05, 3.63) is 40.1 Å². The lowest BCUT2D eigenvalue weighted by atomic mass is 10.2. The summed E-state index contributed by atoms with van der Waals surface area (Å²) in [4.78, 5) is 3.88. The quantitative estimate of drug-likeness (QED) is 0.733. The predicted octanol–water partition coefficient (Wildman–Crippen LogP) is 3.39. The van der Waals surface area contributed by atoms with Gasteiger partial charge in [0.25, 0.3) is 0 Å². The summed E-state index contributed by atoms with van der Waals surface area (Å²) in [5.41, 5.74) is 0.749. The Bertz CT molecular complexity index is 578. The Morgan fingerprint density at radius 3 is 2.62 bits per heavy atom. The molecule has 0 aliphatic rings. The molecule has 1 atom stereocenters. The van der Waals surface area contributed by atoms with Gasteiger partial charge in [0.05, 0.1) is 6.10 Å². The SMILES string of the molecule is CCCNc1nc(NCC(O)c2ccsc2)c(F)cc1F. The van der Waals surface area contributed by atoms with Gasteiger partial charge in [-0.05, 0) is 28.8 Å². The second kappa shape index (κ2) is 7.33. The minimum Gasteiger partial charge on any atom is -0.387 e. The molecule has 2 rings (SSSR count). The number of halogens is 2. The van der Waals surface area contributed by atoms with Crippen molar-refractivity contribution in [3.8, 4) is 0 Å². The van der Waals surface area contributed by atoms with Crippen molar-refractivity contribution in [2.75, 3.05) is 23.7 Å². The third kappa shape index (κ3) is 4.12. The van der Waals surface area contributed by atoms with E-state index in [2.05, 4.69) is 15.6 Å². The summed E-state index contributed by atoms with van der Waals surface area (Å²) in [5, 5.41) is 19.1. The Hall–Kier alpha value is -1.73. The van der Waals surface area contributed by atoms with Gasteiger partial charge in [-0.3, -0.25) is 0 Å². The molecule has 21 heavy (non-hydrogen) atoms. The average Bonchev–Trinajstić information content (AvgIpc) is 2.99. The summed E-state index contributed by atoms with van der Waals surface area (Å²) in [6, 6.07) is 2.57. The number of thiophene rings is 1. The standard InChI is InChI=1S/C14H17F2N3OS/c1-2-4-17-13-10(15)6-11(16)14(19-13)18-7-12(20)9-3-5-21-8-9/h3,5-6,8,12,20H,2,4,7H2,1H3,(H2,17,18,19). The normalized spacial score (nSPS) is 12.2. The average molecular weight is 313 g/mol. The van der Waals surface area contributed by atoms with Crippen molar-refractivity contribution >= 4 is 23.0 Å². The fourth-order valence-electron chi connectivity index (χ4n) is 1.73. The molecule has 3 N–H and O–H groups in total. The maximum Gasteiger partial charge on any atom is 0.168 e. The van der Waals surface area contributed by atoms with E-state index in [4.69, 9.17) is 0 Å². The molecule has 0 aromatic carbocycles. The van der Waals surface area contributed by atoms with E-state index in [0.717, 1.165) is 18.1 Å². The van der Waals surface area contributed by atoms with E-state index in [1.54, 1.807) is 6.07 Å². The minimum absolute atomic E-state index is 0.00535. The molecule has 2 aromatic rings. The fourth-order valence-corrected chi connectivity index (χ4v) is 2.44. The molecule has 114 valence electrons. The highest BCUT2D eigenvalue weighted by atomic mass is 32.1. The maximum atomic E-state index is 13.7. The third-order valence-corrected chi connectivity index (χ3v) is 3.56. The number of nitrogens with zero attached hydrogens (tertiary/aromatic N) is 1. The first-order chi connectivity index (χ1) is 10.1. The van der Waals surface area contributed by atoms with Gasteiger partial charge in [-0.15, -0.1) is 0 Å². The second-order valence-corrected chi connectivity index (χ2v) is 5.31. The molecule has 0 saturated heterocycles. The van der Waals surface area contributed by atoms with Crippen molar-refractivity contribution in [3.63, 3.8) is 0 Å². The van der Waals surface area contributed by atoms with Crippen LogP contribution in [-0.4, -0.2) is 23.2 Å². The molecule has 0 fully saturated rings. The molecule has 2 aromatic heterocycles. The van der Waals surface area contributed by atoms with Crippen LogP contribution in [0.25, 0.3) is 0 Å². The first-order valence-electron chi connectivity index (χ1n) is 6.65. The van der Waals surface area contributed by atoms with Gasteiger partial charge in [-0.2, -0.15) is 11.3 Å². The van der Waals surface area contributed by atoms with Gasteiger partial charge in [0.1, 0.15) is 0 Å². The summed E-state index contributed by atoms with van der Waals surface area (Å²) < 4.78 is 27.2. The molecule has 0 spiro atoms. The van der Waals surface area contributed by atoms with Crippen LogP contribution in [-0.2, 0) is 0 Å². The predicted molar refractivity (Wildman–Crippen MR) is 80.7 cm³/mol. The number of aromatic nitrogens is 1. The molecule has 0 radical (unpaired) electrons. The number of aliphatic hydroxyl groups excluding tert-OH is 1. The largest absolute Gasteiger partial charge is 0.387 e. The molecule has 0 aliphatic carbocycles. The van der Waals surface area contributed by atoms with E-state index in [1.807, 2.05) is 17.7 Å². The number of rotatable bonds is 7. The fraction of sp³-hybridized carbons (Fsp3) is 0.357. The van der Waals surface area contributed by atoms with Crippen LogP contribution >= 0.6 is 11.3 Å². The minimum atomic E-state index is -0.785. The van der Waals surface area contributed by atoms with Crippen molar-refractivity contribution in [1.29, 1.82) is 0 Å². The van der Waals surface area contributed by atoms with Crippen LogP contribution in [0.2, 0.25) is 0 Å². The third-order valence-electron chi connectivity index (χ3n) is 2.86. The van der Waals surface area contributed by atoms with Gasteiger partial charge in [-0.25, -0.2) is 13.8 Å². The number of aliphatic hydroxyl groups is 1. The van der Waals surface area contributed by atoms with Gasteiger partial charge in [0.15, 0.2) is 23.3 Å². The molecule has 0 aliphatic heterocycles. The van der Waals surface area contributed by atoms with Crippen LogP contribution in [0.3, 0.4) is 0 Å². The Labute approximate surface area is 125 Å². The van der Waals surface area contributed by atoms with Crippen molar-refractivity contribution < 1.29 is 13.9 Å². The monoisotopic (exact) mass is 313 g/mol. The Kier molecular flexibility index (Phi) is 5.46. The summed E-state index contributed by atoms with van der Waals surface area (Å²) in [5.74, 6) is -1.59. The first-order valence-corrected chi connectivity index (χ1v) is 7.60. The molecule has 1 unspecified atom stereocenters. The number of hydrogen-bond acceptors (Lipinski definition) is 5. The van der Waals surface area contributed by atoms with Crippen LogP contribution in [0.4, 0.5) is 20.4 Å². The van der Waals surface area contributed by atoms with Gasteiger partial charge < -0.3 is 15.7 Å². The molecule has 0 amide bonds. The lowest BCUT2D eigenvalue weighted by Gasteiger charge is -2.13. The zero-order valence-corrected chi connectivity index (χ0v) is 12.4. The lowest BCUT2D eigenvalue weighted by molar-refractivity contribution is 0.192. The number of nitrogens with one attached hydrogen (secondary N) is 2. The van der Waals surface area contributed by atoms with Crippen molar-refractivity contribution in [2.45, 2.75) is 19.4 Å². The smallest absolute Gasteiger partial charge is 0.168 e. The summed E-state index contributed by atoms with van der Waals surface area (Å²) in [7, 11) is 0. The molecular formula is C14H17F2N3OS. The van der Waals surface area contributed by atoms with E-state index in [-0.39, 0.29) is 18.2 Å². The van der Waals surface area contributed by atoms with Gasteiger partial charge in [0, 0.05) is 19.2 Å². The lowest BCUT2D eigenvalue weighted by Crippen LogP contribution is -2.15. The van der Waals surface area contributed by atoms with Crippen LogP contribution in [0.5, 0.6) is 0 Å². The first kappa shape index (κ1) is 15.7. The van der Waals surface area contributed by atoms with Crippen LogP contribution < -0.4 is 10.6 Å². The van der Waals surface area contributed by atoms with E-state index in [1.165, 1.54) is 11.3 Å². The van der Waals surface area contributed by atoms with E-state index >= 15 is 0 Å². The van der Waals surface area contributed by atoms with Crippen molar-refractivity contribution in [1.82, 2.24) is 4.98 Å². The highest BCUT2D eigenvalue weighted by Crippen LogP contribution is 2.21. The summed E-state index contributed by atoms with van der Waals surface area (Å²) in [6.07, 6.45) is 0.0348. The molecule has 0 saturated carbocycles. The number of pyridine rings is 1. The maximum absolute atomic E-state index is 13.7. The van der Waals surface area contributed by atoms with E-state index in [0.29, 0.717) is 6.54 Å². The van der Waals surface area contributed by atoms with Crippen LogP contribution in [0, 0.1) is 11.6 Å². The summed E-state index contributed by atoms with van der Waals surface area (Å²) in [6.45, 7) is 2.58. The molecular weight excluding hydrogens is 296 g/mol. The van der Waals surface area contributed by atoms with Crippen molar-refractivity contribution in [2.24, 2.45) is 0 Å².